The lowest BCUT2D eigenvalue weighted by atomic mass is 9.94. The normalized spacial score (nSPS) is 12.8. The quantitative estimate of drug-likeness (QED) is 0.734. The van der Waals surface area contributed by atoms with E-state index in [0.29, 0.717) is 29.3 Å². The van der Waals surface area contributed by atoms with Gasteiger partial charge in [0.25, 0.3) is 0 Å². The van der Waals surface area contributed by atoms with E-state index >= 15 is 0 Å². The molecule has 0 aliphatic heterocycles. The van der Waals surface area contributed by atoms with E-state index in [0.717, 1.165) is 28.8 Å². The second kappa shape index (κ2) is 5.53. The Morgan fingerprint density at radius 2 is 2.17 bits per heavy atom. The summed E-state index contributed by atoms with van der Waals surface area (Å²) < 4.78 is 7.31. The van der Waals surface area contributed by atoms with Gasteiger partial charge in [-0.1, -0.05) is 29.8 Å². The van der Waals surface area contributed by atoms with Crippen LogP contribution in [0.25, 0.3) is 11.3 Å². The number of benzene rings is 1. The zero-order chi connectivity index (χ0) is 16.8. The number of carbonyl (C=O) groups is 1. The molecule has 0 saturated carbocycles. The van der Waals surface area contributed by atoms with E-state index in [1.807, 2.05) is 35.1 Å². The van der Waals surface area contributed by atoms with Gasteiger partial charge in [0.05, 0.1) is 12.2 Å². The second-order valence-corrected chi connectivity index (χ2v) is 6.34. The van der Waals surface area contributed by atoms with Gasteiger partial charge in [-0.15, -0.1) is 0 Å². The molecule has 24 heavy (non-hydrogen) atoms. The van der Waals surface area contributed by atoms with Crippen molar-refractivity contribution in [3.63, 3.8) is 0 Å². The Balaban J connectivity index is 1.76. The predicted molar refractivity (Wildman–Crippen MR) is 87.0 cm³/mol. The summed E-state index contributed by atoms with van der Waals surface area (Å²) in [4.78, 5) is 11.2. The third-order valence-corrected chi connectivity index (χ3v) is 4.76. The highest BCUT2D eigenvalue weighted by atomic mass is 35.5. The van der Waals surface area contributed by atoms with Crippen molar-refractivity contribution in [3.8, 4) is 11.3 Å². The molecular formula is C18H14ClN2O3-. The highest BCUT2D eigenvalue weighted by molar-refractivity contribution is 6.31. The van der Waals surface area contributed by atoms with Crippen LogP contribution in [0.4, 0.5) is 0 Å². The van der Waals surface area contributed by atoms with Crippen LogP contribution in [0.15, 0.2) is 34.9 Å². The van der Waals surface area contributed by atoms with Crippen molar-refractivity contribution in [1.29, 1.82) is 0 Å². The van der Waals surface area contributed by atoms with E-state index in [1.165, 1.54) is 0 Å². The maximum absolute atomic E-state index is 11.2. The minimum Gasteiger partial charge on any atom is -0.542 e. The van der Waals surface area contributed by atoms with Crippen molar-refractivity contribution in [3.05, 3.63) is 63.7 Å². The Kier molecular flexibility index (Phi) is 3.46. The summed E-state index contributed by atoms with van der Waals surface area (Å²) in [6.07, 6.45) is 3.42. The monoisotopic (exact) mass is 341 g/mol. The number of halogens is 1. The number of aromatic carboxylic acids is 1. The fourth-order valence-electron chi connectivity index (χ4n) is 3.24. The molecule has 0 unspecified atom stereocenters. The van der Waals surface area contributed by atoms with Crippen LogP contribution in [0.3, 0.4) is 0 Å². The number of carboxylic acids is 1. The maximum Gasteiger partial charge on any atom is 0.153 e. The van der Waals surface area contributed by atoms with Crippen molar-refractivity contribution in [2.75, 3.05) is 0 Å². The van der Waals surface area contributed by atoms with Gasteiger partial charge in [-0.25, -0.2) is 0 Å². The molecule has 2 heterocycles. The van der Waals surface area contributed by atoms with Gasteiger partial charge in [-0.2, -0.15) is 5.10 Å². The van der Waals surface area contributed by atoms with Crippen LogP contribution < -0.4 is 5.11 Å². The molecule has 3 aromatic rings. The molecule has 0 N–H and O–H groups in total. The first-order chi connectivity index (χ1) is 11.5. The molecule has 0 amide bonds. The summed E-state index contributed by atoms with van der Waals surface area (Å²) in [7, 11) is 0. The van der Waals surface area contributed by atoms with E-state index in [4.69, 9.17) is 16.0 Å². The Labute approximate surface area is 143 Å². The molecule has 5 nitrogen and oxygen atoms in total. The van der Waals surface area contributed by atoms with Crippen molar-refractivity contribution < 1.29 is 14.3 Å². The average Bonchev–Trinajstić information content (AvgIpc) is 3.10. The summed E-state index contributed by atoms with van der Waals surface area (Å²) in [6, 6.07) is 7.65. The molecule has 0 radical (unpaired) electrons. The average molecular weight is 342 g/mol. The summed E-state index contributed by atoms with van der Waals surface area (Å²) in [5, 5.41) is 16.5. The first-order valence-corrected chi connectivity index (χ1v) is 8.06. The SMILES string of the molecule is Cc1c(C(=O)[O-])oc2c1-c1nn(Cc3ccccc3Cl)cc1CC2. The highest BCUT2D eigenvalue weighted by Crippen LogP contribution is 2.38. The van der Waals surface area contributed by atoms with Crippen molar-refractivity contribution in [2.45, 2.75) is 26.3 Å². The van der Waals surface area contributed by atoms with E-state index in [1.54, 1.807) is 6.92 Å². The molecule has 0 saturated heterocycles. The third kappa shape index (κ3) is 2.32. The molecule has 6 heteroatoms. The van der Waals surface area contributed by atoms with Crippen LogP contribution in [0.1, 0.15) is 33.0 Å². The molecule has 2 aromatic heterocycles. The minimum absolute atomic E-state index is 0.103. The highest BCUT2D eigenvalue weighted by Gasteiger charge is 2.27. The van der Waals surface area contributed by atoms with Gasteiger partial charge in [0.2, 0.25) is 0 Å². The Morgan fingerprint density at radius 3 is 2.92 bits per heavy atom. The van der Waals surface area contributed by atoms with Crippen molar-refractivity contribution in [2.24, 2.45) is 0 Å². The molecule has 0 spiro atoms. The zero-order valence-electron chi connectivity index (χ0n) is 13.0. The molecular weight excluding hydrogens is 328 g/mol. The maximum atomic E-state index is 11.2. The number of rotatable bonds is 3. The molecule has 122 valence electrons. The molecule has 1 aliphatic rings. The van der Waals surface area contributed by atoms with Gasteiger partial charge in [0.1, 0.15) is 11.7 Å². The molecule has 1 aliphatic carbocycles. The minimum atomic E-state index is -1.29. The Morgan fingerprint density at radius 1 is 1.38 bits per heavy atom. The fraction of sp³-hybridized carbons (Fsp3) is 0.222. The topological polar surface area (TPSA) is 71.1 Å². The molecule has 0 atom stereocenters. The second-order valence-electron chi connectivity index (χ2n) is 5.93. The lowest BCUT2D eigenvalue weighted by Gasteiger charge is -2.09. The molecule has 0 fully saturated rings. The largest absolute Gasteiger partial charge is 0.542 e. The summed E-state index contributed by atoms with van der Waals surface area (Å²) in [5.41, 5.74) is 4.22. The number of hydrogen-bond donors (Lipinski definition) is 0. The molecule has 4 rings (SSSR count). The van der Waals surface area contributed by atoms with E-state index < -0.39 is 5.97 Å². The van der Waals surface area contributed by atoms with E-state index in [9.17, 15) is 9.90 Å². The van der Waals surface area contributed by atoms with Gasteiger partial charge in [-0.05, 0) is 30.5 Å². The number of aromatic nitrogens is 2. The van der Waals surface area contributed by atoms with Crippen molar-refractivity contribution >= 4 is 17.6 Å². The lowest BCUT2D eigenvalue weighted by molar-refractivity contribution is -0.257. The summed E-state index contributed by atoms with van der Waals surface area (Å²) in [6.45, 7) is 2.29. The number of nitrogens with zero attached hydrogens (tertiary/aromatic N) is 2. The number of furan rings is 1. The van der Waals surface area contributed by atoms with Crippen LogP contribution >= 0.6 is 11.6 Å². The van der Waals surface area contributed by atoms with Crippen LogP contribution in [-0.2, 0) is 19.4 Å². The van der Waals surface area contributed by atoms with Crippen molar-refractivity contribution in [1.82, 2.24) is 9.78 Å². The molecule has 0 bridgehead atoms. The number of carboxylic acid groups (broad SMARTS) is 1. The first kappa shape index (κ1) is 15.0. The summed E-state index contributed by atoms with van der Waals surface area (Å²) in [5.74, 6) is -0.727. The van der Waals surface area contributed by atoms with Crippen LogP contribution in [0.2, 0.25) is 5.02 Å². The van der Waals surface area contributed by atoms with Crippen LogP contribution in [-0.4, -0.2) is 15.7 Å². The number of carbonyl (C=O) groups excluding carboxylic acids is 1. The van der Waals surface area contributed by atoms with Crippen LogP contribution in [0, 0.1) is 6.92 Å². The summed E-state index contributed by atoms with van der Waals surface area (Å²) >= 11 is 6.22. The van der Waals surface area contributed by atoms with Gasteiger partial charge in [0, 0.05) is 28.8 Å². The van der Waals surface area contributed by atoms with E-state index in [2.05, 4.69) is 5.10 Å². The number of hydrogen-bond acceptors (Lipinski definition) is 4. The van der Waals surface area contributed by atoms with Gasteiger partial charge < -0.3 is 14.3 Å². The smallest absolute Gasteiger partial charge is 0.153 e. The predicted octanol–water partition coefficient (Wildman–Crippen LogP) is 2.62. The van der Waals surface area contributed by atoms with Gasteiger partial charge in [-0.3, -0.25) is 4.68 Å². The lowest BCUT2D eigenvalue weighted by Crippen LogP contribution is -2.22. The zero-order valence-corrected chi connectivity index (χ0v) is 13.8. The van der Waals surface area contributed by atoms with Crippen LogP contribution in [0.5, 0.6) is 0 Å². The van der Waals surface area contributed by atoms with Gasteiger partial charge >= 0.3 is 0 Å². The Hall–Kier alpha value is -2.53. The Bertz CT molecular complexity index is 955. The van der Waals surface area contributed by atoms with Gasteiger partial charge in [0.15, 0.2) is 5.76 Å². The first-order valence-electron chi connectivity index (χ1n) is 7.68. The fourth-order valence-corrected chi connectivity index (χ4v) is 3.44. The number of fused-ring (bicyclic) bond motifs is 3. The third-order valence-electron chi connectivity index (χ3n) is 4.39. The standard InChI is InChI=1S/C18H15ClN2O3/c1-10-15-14(24-17(10)18(22)23)7-6-12-9-21(20-16(12)15)8-11-4-2-3-5-13(11)19/h2-5,9H,6-8H2,1H3,(H,22,23)/p-1. The number of aryl methyl sites for hydroxylation is 2. The van der Waals surface area contributed by atoms with E-state index in [-0.39, 0.29) is 5.76 Å². The molecule has 1 aromatic carbocycles.